The van der Waals surface area contributed by atoms with Gasteiger partial charge in [-0.3, -0.25) is 9.52 Å². The standard InChI is InChI=1S/C14H14N2O3S/c1-11(17)15-13-9-5-6-10-14(13)16-20(18,19)12-7-3-2-4-8-12/h2-10,16H,1H3,(H,15,17). The van der Waals surface area contributed by atoms with E-state index in [0.717, 1.165) is 0 Å². The first-order chi connectivity index (χ1) is 9.49. The molecule has 0 aliphatic rings. The number of amides is 1. The van der Waals surface area contributed by atoms with E-state index in [4.69, 9.17) is 0 Å². The van der Waals surface area contributed by atoms with Crippen LogP contribution in [-0.4, -0.2) is 14.3 Å². The Balaban J connectivity index is 2.33. The average molecular weight is 290 g/mol. The molecular weight excluding hydrogens is 276 g/mol. The zero-order valence-corrected chi connectivity index (χ0v) is 11.6. The largest absolute Gasteiger partial charge is 0.325 e. The average Bonchev–Trinajstić information content (AvgIpc) is 2.41. The molecule has 0 radical (unpaired) electrons. The molecule has 20 heavy (non-hydrogen) atoms. The van der Waals surface area contributed by atoms with E-state index in [1.165, 1.54) is 19.1 Å². The lowest BCUT2D eigenvalue weighted by Crippen LogP contribution is -2.15. The molecular formula is C14H14N2O3S. The highest BCUT2D eigenvalue weighted by Crippen LogP contribution is 2.24. The van der Waals surface area contributed by atoms with Gasteiger partial charge in [0.05, 0.1) is 16.3 Å². The Hall–Kier alpha value is -2.34. The maximum atomic E-state index is 12.2. The minimum atomic E-state index is -3.67. The van der Waals surface area contributed by atoms with Gasteiger partial charge in [-0.2, -0.15) is 0 Å². The molecule has 0 saturated carbocycles. The van der Waals surface area contributed by atoms with Crippen LogP contribution in [0.3, 0.4) is 0 Å². The number of hydrogen-bond acceptors (Lipinski definition) is 3. The summed E-state index contributed by atoms with van der Waals surface area (Å²) in [4.78, 5) is 11.3. The van der Waals surface area contributed by atoms with E-state index in [0.29, 0.717) is 11.4 Å². The highest BCUT2D eigenvalue weighted by Gasteiger charge is 2.15. The lowest BCUT2D eigenvalue weighted by Gasteiger charge is -2.12. The van der Waals surface area contributed by atoms with Crippen molar-refractivity contribution in [3.63, 3.8) is 0 Å². The molecule has 1 amide bonds. The van der Waals surface area contributed by atoms with Gasteiger partial charge in [0.2, 0.25) is 5.91 Å². The SMILES string of the molecule is CC(=O)Nc1ccccc1NS(=O)(=O)c1ccccc1. The summed E-state index contributed by atoms with van der Waals surface area (Å²) in [6.07, 6.45) is 0. The summed E-state index contributed by atoms with van der Waals surface area (Å²) in [6.45, 7) is 1.36. The Morgan fingerprint density at radius 2 is 1.45 bits per heavy atom. The maximum absolute atomic E-state index is 12.2. The van der Waals surface area contributed by atoms with E-state index >= 15 is 0 Å². The number of para-hydroxylation sites is 2. The van der Waals surface area contributed by atoms with Crippen molar-refractivity contribution in [2.24, 2.45) is 0 Å². The quantitative estimate of drug-likeness (QED) is 0.908. The first kappa shape index (κ1) is 14.1. The molecule has 0 heterocycles. The second-order valence-electron chi connectivity index (χ2n) is 4.15. The van der Waals surface area contributed by atoms with Crippen LogP contribution in [0.1, 0.15) is 6.92 Å². The maximum Gasteiger partial charge on any atom is 0.261 e. The summed E-state index contributed by atoms with van der Waals surface area (Å²) in [6, 6.07) is 14.7. The highest BCUT2D eigenvalue weighted by atomic mass is 32.2. The van der Waals surface area contributed by atoms with Crippen molar-refractivity contribution in [2.45, 2.75) is 11.8 Å². The molecule has 0 spiro atoms. The third kappa shape index (κ3) is 3.36. The van der Waals surface area contributed by atoms with Crippen LogP contribution in [0.5, 0.6) is 0 Å². The second-order valence-corrected chi connectivity index (χ2v) is 5.83. The Kier molecular flexibility index (Phi) is 4.05. The number of nitrogens with one attached hydrogen (secondary N) is 2. The molecule has 2 aromatic rings. The molecule has 104 valence electrons. The molecule has 2 aromatic carbocycles. The fourth-order valence-electron chi connectivity index (χ4n) is 1.67. The third-order valence-corrected chi connectivity index (χ3v) is 3.92. The van der Waals surface area contributed by atoms with Crippen LogP contribution >= 0.6 is 0 Å². The number of hydrogen-bond donors (Lipinski definition) is 2. The molecule has 0 bridgehead atoms. The Morgan fingerprint density at radius 1 is 0.900 bits per heavy atom. The van der Waals surface area contributed by atoms with E-state index < -0.39 is 10.0 Å². The van der Waals surface area contributed by atoms with E-state index in [1.807, 2.05) is 0 Å². The van der Waals surface area contributed by atoms with Crippen LogP contribution in [0.25, 0.3) is 0 Å². The van der Waals surface area contributed by atoms with Crippen LogP contribution in [0.4, 0.5) is 11.4 Å². The Labute approximate surface area is 117 Å². The first-order valence-corrected chi connectivity index (χ1v) is 7.42. The Morgan fingerprint density at radius 3 is 2.05 bits per heavy atom. The number of carbonyl (C=O) groups is 1. The van der Waals surface area contributed by atoms with Crippen molar-refractivity contribution >= 4 is 27.3 Å². The predicted molar refractivity (Wildman–Crippen MR) is 78.0 cm³/mol. The minimum Gasteiger partial charge on any atom is -0.325 e. The first-order valence-electron chi connectivity index (χ1n) is 5.93. The van der Waals surface area contributed by atoms with Crippen molar-refractivity contribution in [3.8, 4) is 0 Å². The number of rotatable bonds is 4. The normalized spacial score (nSPS) is 10.8. The lowest BCUT2D eigenvalue weighted by molar-refractivity contribution is -0.114. The molecule has 0 atom stereocenters. The van der Waals surface area contributed by atoms with Gasteiger partial charge < -0.3 is 5.32 Å². The Bertz CT molecular complexity index is 712. The summed E-state index contributed by atoms with van der Waals surface area (Å²) in [5, 5.41) is 2.58. The molecule has 6 heteroatoms. The van der Waals surface area contributed by atoms with Gasteiger partial charge in [-0.1, -0.05) is 30.3 Å². The molecule has 0 unspecified atom stereocenters. The van der Waals surface area contributed by atoms with Gasteiger partial charge >= 0.3 is 0 Å². The third-order valence-electron chi connectivity index (χ3n) is 2.54. The number of carbonyl (C=O) groups excluding carboxylic acids is 1. The molecule has 2 N–H and O–H groups in total. The summed E-state index contributed by atoms with van der Waals surface area (Å²) < 4.78 is 26.9. The van der Waals surface area contributed by atoms with Crippen LogP contribution in [0, 0.1) is 0 Å². The predicted octanol–water partition coefficient (Wildman–Crippen LogP) is 2.45. The molecule has 0 aromatic heterocycles. The summed E-state index contributed by atoms with van der Waals surface area (Å²) >= 11 is 0. The van der Waals surface area contributed by atoms with Gasteiger partial charge in [-0.15, -0.1) is 0 Å². The fourth-order valence-corrected chi connectivity index (χ4v) is 2.77. The van der Waals surface area contributed by atoms with Gasteiger partial charge in [-0.25, -0.2) is 8.42 Å². The van der Waals surface area contributed by atoms with Crippen molar-refractivity contribution in [3.05, 3.63) is 54.6 Å². The van der Waals surface area contributed by atoms with Gasteiger partial charge in [0.15, 0.2) is 0 Å². The van der Waals surface area contributed by atoms with Crippen LogP contribution in [0.15, 0.2) is 59.5 Å². The van der Waals surface area contributed by atoms with E-state index in [2.05, 4.69) is 10.0 Å². The summed E-state index contributed by atoms with van der Waals surface area (Å²) in [5.41, 5.74) is 0.742. The zero-order chi connectivity index (χ0) is 14.6. The molecule has 0 aliphatic carbocycles. The van der Waals surface area contributed by atoms with Gasteiger partial charge in [0.1, 0.15) is 0 Å². The van der Waals surface area contributed by atoms with E-state index in [1.54, 1.807) is 42.5 Å². The highest BCUT2D eigenvalue weighted by molar-refractivity contribution is 7.92. The van der Waals surface area contributed by atoms with Crippen molar-refractivity contribution in [1.82, 2.24) is 0 Å². The van der Waals surface area contributed by atoms with Crippen molar-refractivity contribution in [2.75, 3.05) is 10.0 Å². The van der Waals surface area contributed by atoms with Gasteiger partial charge in [0, 0.05) is 6.92 Å². The summed E-state index contributed by atoms with van der Waals surface area (Å²) in [7, 11) is -3.67. The molecule has 0 saturated heterocycles. The minimum absolute atomic E-state index is 0.164. The van der Waals surface area contributed by atoms with Crippen molar-refractivity contribution < 1.29 is 13.2 Å². The number of benzene rings is 2. The number of sulfonamides is 1. The zero-order valence-electron chi connectivity index (χ0n) is 10.8. The molecule has 5 nitrogen and oxygen atoms in total. The topological polar surface area (TPSA) is 75.3 Å². The van der Waals surface area contributed by atoms with Crippen LogP contribution < -0.4 is 10.0 Å². The van der Waals surface area contributed by atoms with Gasteiger partial charge in [-0.05, 0) is 24.3 Å². The van der Waals surface area contributed by atoms with E-state index in [-0.39, 0.29) is 10.8 Å². The molecule has 0 aliphatic heterocycles. The fraction of sp³-hybridized carbons (Fsp3) is 0.0714. The van der Waals surface area contributed by atoms with Crippen LogP contribution in [-0.2, 0) is 14.8 Å². The monoisotopic (exact) mass is 290 g/mol. The van der Waals surface area contributed by atoms with Gasteiger partial charge in [0.25, 0.3) is 10.0 Å². The van der Waals surface area contributed by atoms with Crippen molar-refractivity contribution in [1.29, 1.82) is 0 Å². The van der Waals surface area contributed by atoms with Crippen LogP contribution in [0.2, 0.25) is 0 Å². The lowest BCUT2D eigenvalue weighted by atomic mass is 10.3. The summed E-state index contributed by atoms with van der Waals surface area (Å²) in [5.74, 6) is -0.267. The second kappa shape index (κ2) is 5.75. The number of anilines is 2. The molecule has 0 fully saturated rings. The smallest absolute Gasteiger partial charge is 0.261 e. The molecule has 2 rings (SSSR count). The van der Waals surface area contributed by atoms with E-state index in [9.17, 15) is 13.2 Å².